The number of hydrogen-bond acceptors (Lipinski definition) is 3. The van der Waals surface area contributed by atoms with Crippen LogP contribution in [-0.4, -0.2) is 27.3 Å². The van der Waals surface area contributed by atoms with Gasteiger partial charge in [0, 0.05) is 19.2 Å². The van der Waals surface area contributed by atoms with Gasteiger partial charge in [0.2, 0.25) is 0 Å². The van der Waals surface area contributed by atoms with E-state index in [2.05, 4.69) is 32.4 Å². The molecule has 24 heavy (non-hydrogen) atoms. The van der Waals surface area contributed by atoms with Crippen molar-refractivity contribution in [2.24, 2.45) is 12.0 Å². The normalized spacial score (nSPS) is 11.4. The molecule has 0 saturated carbocycles. The van der Waals surface area contributed by atoms with Gasteiger partial charge in [-0.25, -0.2) is 13.8 Å². The lowest BCUT2D eigenvalue weighted by atomic mass is 10.2. The first kappa shape index (κ1) is 17.6. The standard InChI is InChI=1S/C16H20F2N6/c1-4-7-19-16(21-10-15-23-22-11(2)24(15)3)20-9-12-8-13(17)5-6-14(12)18/h4-6,8H,1,7,9-10H2,2-3H3,(H2,19,20,21). The largest absolute Gasteiger partial charge is 0.353 e. The van der Waals surface area contributed by atoms with Crippen LogP contribution in [0.5, 0.6) is 0 Å². The number of nitrogens with zero attached hydrogens (tertiary/aromatic N) is 4. The monoisotopic (exact) mass is 334 g/mol. The highest BCUT2D eigenvalue weighted by molar-refractivity contribution is 5.79. The number of aromatic nitrogens is 3. The fourth-order valence-corrected chi connectivity index (χ4v) is 1.94. The minimum absolute atomic E-state index is 0.00785. The van der Waals surface area contributed by atoms with Crippen LogP contribution in [0.25, 0.3) is 0 Å². The SMILES string of the molecule is C=CCNC(=NCc1cc(F)ccc1F)NCc1nnc(C)n1C. The molecule has 0 amide bonds. The van der Waals surface area contributed by atoms with Crippen molar-refractivity contribution in [1.29, 1.82) is 0 Å². The molecule has 0 atom stereocenters. The first-order valence-corrected chi connectivity index (χ1v) is 7.43. The quantitative estimate of drug-likeness (QED) is 0.480. The summed E-state index contributed by atoms with van der Waals surface area (Å²) in [5.41, 5.74) is 0.184. The van der Waals surface area contributed by atoms with Crippen molar-refractivity contribution in [3.63, 3.8) is 0 Å². The van der Waals surface area contributed by atoms with Crippen LogP contribution in [0.2, 0.25) is 0 Å². The van der Waals surface area contributed by atoms with Crippen LogP contribution in [0, 0.1) is 18.6 Å². The Morgan fingerprint density at radius 3 is 2.79 bits per heavy atom. The molecule has 0 bridgehead atoms. The third-order valence-corrected chi connectivity index (χ3v) is 3.43. The van der Waals surface area contributed by atoms with E-state index in [1.165, 1.54) is 0 Å². The highest BCUT2D eigenvalue weighted by Gasteiger charge is 2.07. The molecular formula is C16H20F2N6. The number of aryl methyl sites for hydroxylation is 1. The van der Waals surface area contributed by atoms with Gasteiger partial charge in [-0.05, 0) is 25.1 Å². The van der Waals surface area contributed by atoms with E-state index in [-0.39, 0.29) is 12.1 Å². The Kier molecular flexibility index (Phi) is 6.00. The van der Waals surface area contributed by atoms with E-state index in [0.29, 0.717) is 19.0 Å². The number of halogens is 2. The summed E-state index contributed by atoms with van der Waals surface area (Å²) in [7, 11) is 1.86. The molecule has 1 heterocycles. The first-order valence-electron chi connectivity index (χ1n) is 7.43. The highest BCUT2D eigenvalue weighted by Crippen LogP contribution is 2.10. The zero-order valence-corrected chi connectivity index (χ0v) is 13.7. The van der Waals surface area contributed by atoms with Crippen LogP contribution < -0.4 is 10.6 Å². The molecule has 0 aliphatic heterocycles. The maximum Gasteiger partial charge on any atom is 0.192 e. The Labute approximate surface area is 139 Å². The van der Waals surface area contributed by atoms with E-state index in [1.807, 2.05) is 18.5 Å². The lowest BCUT2D eigenvalue weighted by Crippen LogP contribution is -2.37. The van der Waals surface area contributed by atoms with Gasteiger partial charge in [0.25, 0.3) is 0 Å². The van der Waals surface area contributed by atoms with E-state index in [9.17, 15) is 8.78 Å². The summed E-state index contributed by atoms with van der Waals surface area (Å²) >= 11 is 0. The lowest BCUT2D eigenvalue weighted by Gasteiger charge is -2.11. The Morgan fingerprint density at radius 2 is 2.12 bits per heavy atom. The van der Waals surface area contributed by atoms with E-state index >= 15 is 0 Å². The Hall–Kier alpha value is -2.77. The van der Waals surface area contributed by atoms with Gasteiger partial charge in [-0.2, -0.15) is 0 Å². The van der Waals surface area contributed by atoms with Crippen LogP contribution in [0.1, 0.15) is 17.2 Å². The number of guanidine groups is 1. The minimum Gasteiger partial charge on any atom is -0.353 e. The van der Waals surface area contributed by atoms with Crippen molar-refractivity contribution in [2.75, 3.05) is 6.54 Å². The molecule has 2 aromatic rings. The molecular weight excluding hydrogens is 314 g/mol. The third kappa shape index (κ3) is 4.61. The van der Waals surface area contributed by atoms with Crippen molar-refractivity contribution < 1.29 is 8.78 Å². The minimum atomic E-state index is -0.496. The smallest absolute Gasteiger partial charge is 0.192 e. The average Bonchev–Trinajstić information content (AvgIpc) is 2.89. The first-order chi connectivity index (χ1) is 11.5. The predicted octanol–water partition coefficient (Wildman–Crippen LogP) is 1.82. The fourth-order valence-electron chi connectivity index (χ4n) is 1.94. The molecule has 1 aromatic carbocycles. The molecule has 0 aliphatic carbocycles. The molecule has 0 unspecified atom stereocenters. The number of nitrogens with one attached hydrogen (secondary N) is 2. The Bertz CT molecular complexity index is 738. The maximum atomic E-state index is 13.7. The molecule has 0 radical (unpaired) electrons. The second-order valence-electron chi connectivity index (χ2n) is 5.15. The van der Waals surface area contributed by atoms with Gasteiger partial charge in [0.05, 0.1) is 13.1 Å². The molecule has 1 aromatic heterocycles. The van der Waals surface area contributed by atoms with Crippen molar-refractivity contribution in [3.8, 4) is 0 Å². The van der Waals surface area contributed by atoms with Crippen LogP contribution in [0.4, 0.5) is 8.78 Å². The Balaban J connectivity index is 2.07. The summed E-state index contributed by atoms with van der Waals surface area (Å²) in [6.45, 7) is 6.37. The molecule has 0 aliphatic rings. The molecule has 128 valence electrons. The van der Waals surface area contributed by atoms with Crippen LogP contribution in [0.3, 0.4) is 0 Å². The van der Waals surface area contributed by atoms with Crippen molar-refractivity contribution in [2.45, 2.75) is 20.0 Å². The zero-order chi connectivity index (χ0) is 17.5. The summed E-state index contributed by atoms with van der Waals surface area (Å²) in [5.74, 6) is 0.986. The fraction of sp³-hybridized carbons (Fsp3) is 0.312. The van der Waals surface area contributed by atoms with Crippen LogP contribution in [-0.2, 0) is 20.1 Å². The summed E-state index contributed by atoms with van der Waals surface area (Å²) in [6.07, 6.45) is 1.67. The second-order valence-corrected chi connectivity index (χ2v) is 5.15. The zero-order valence-electron chi connectivity index (χ0n) is 13.7. The van der Waals surface area contributed by atoms with Gasteiger partial charge in [-0.1, -0.05) is 6.08 Å². The highest BCUT2D eigenvalue weighted by atomic mass is 19.1. The molecule has 0 fully saturated rings. The van der Waals surface area contributed by atoms with Crippen LogP contribution >= 0.6 is 0 Å². The van der Waals surface area contributed by atoms with E-state index in [1.54, 1.807) is 6.08 Å². The molecule has 8 heteroatoms. The molecule has 6 nitrogen and oxygen atoms in total. The number of aliphatic imine (C=N–C) groups is 1. The molecule has 2 N–H and O–H groups in total. The van der Waals surface area contributed by atoms with Gasteiger partial charge < -0.3 is 15.2 Å². The third-order valence-electron chi connectivity index (χ3n) is 3.43. The molecule has 2 rings (SSSR count). The van der Waals surface area contributed by atoms with E-state index in [4.69, 9.17) is 0 Å². The van der Waals surface area contributed by atoms with Crippen molar-refractivity contribution >= 4 is 5.96 Å². The number of rotatable bonds is 6. The molecule has 0 spiro atoms. The number of benzene rings is 1. The summed E-state index contributed by atoms with van der Waals surface area (Å²) in [4.78, 5) is 4.27. The molecule has 0 saturated heterocycles. The van der Waals surface area contributed by atoms with Gasteiger partial charge >= 0.3 is 0 Å². The van der Waals surface area contributed by atoms with Gasteiger partial charge in [0.1, 0.15) is 17.5 Å². The average molecular weight is 334 g/mol. The van der Waals surface area contributed by atoms with Crippen molar-refractivity contribution in [1.82, 2.24) is 25.4 Å². The summed E-state index contributed by atoms with van der Waals surface area (Å²) in [5, 5.41) is 14.1. The van der Waals surface area contributed by atoms with Crippen molar-refractivity contribution in [3.05, 3.63) is 59.7 Å². The van der Waals surface area contributed by atoms with Gasteiger partial charge in [-0.15, -0.1) is 16.8 Å². The Morgan fingerprint density at radius 1 is 1.33 bits per heavy atom. The van der Waals surface area contributed by atoms with E-state index in [0.717, 1.165) is 29.8 Å². The topological polar surface area (TPSA) is 67.1 Å². The predicted molar refractivity (Wildman–Crippen MR) is 88.3 cm³/mol. The lowest BCUT2D eigenvalue weighted by molar-refractivity contribution is 0.585. The van der Waals surface area contributed by atoms with Gasteiger partial charge in [-0.3, -0.25) is 0 Å². The van der Waals surface area contributed by atoms with Gasteiger partial charge in [0.15, 0.2) is 11.8 Å². The maximum absolute atomic E-state index is 13.7. The summed E-state index contributed by atoms with van der Waals surface area (Å²) in [6, 6.07) is 3.30. The van der Waals surface area contributed by atoms with Crippen LogP contribution in [0.15, 0.2) is 35.8 Å². The second kappa shape index (κ2) is 8.19. The summed E-state index contributed by atoms with van der Waals surface area (Å²) < 4.78 is 28.7. The number of hydrogen-bond donors (Lipinski definition) is 2. The van der Waals surface area contributed by atoms with E-state index < -0.39 is 11.6 Å².